The Morgan fingerprint density at radius 2 is 2.04 bits per heavy atom. The van der Waals surface area contributed by atoms with Gasteiger partial charge in [0.25, 0.3) is 5.91 Å². The van der Waals surface area contributed by atoms with E-state index in [1.54, 1.807) is 24.3 Å². The molecule has 2 aromatic rings. The summed E-state index contributed by atoms with van der Waals surface area (Å²) in [6, 6.07) is 10.9. The third-order valence-electron chi connectivity index (χ3n) is 3.64. The molecule has 1 unspecified atom stereocenters. The number of nitrogens with zero attached hydrogens (tertiary/aromatic N) is 1. The SMILES string of the molecule is CC(=O)N1CC(C(=O)Nc2ccc(Cl)cc2F)Oc2ccccc21. The highest BCUT2D eigenvalue weighted by atomic mass is 35.5. The molecule has 3 rings (SSSR count). The minimum Gasteiger partial charge on any atom is -0.476 e. The fraction of sp³-hybridized carbons (Fsp3) is 0.176. The van der Waals surface area contributed by atoms with Crippen LogP contribution >= 0.6 is 11.6 Å². The average molecular weight is 349 g/mol. The molecule has 1 N–H and O–H groups in total. The molecule has 0 spiro atoms. The average Bonchev–Trinajstić information content (AvgIpc) is 2.56. The maximum absolute atomic E-state index is 13.8. The number of fused-ring (bicyclic) bond motifs is 1. The van der Waals surface area contributed by atoms with Crippen LogP contribution in [0.25, 0.3) is 0 Å². The standard InChI is InChI=1S/C17H14ClFN2O3/c1-10(22)21-9-16(24-15-5-3-2-4-14(15)21)17(23)20-13-7-6-11(18)8-12(13)19/h2-8,16H,9H2,1H3,(H,20,23). The summed E-state index contributed by atoms with van der Waals surface area (Å²) in [7, 11) is 0. The number of benzene rings is 2. The normalized spacial score (nSPS) is 16.1. The lowest BCUT2D eigenvalue weighted by molar-refractivity contribution is -0.123. The van der Waals surface area contributed by atoms with E-state index in [1.165, 1.54) is 24.0 Å². The van der Waals surface area contributed by atoms with Crippen molar-refractivity contribution in [3.63, 3.8) is 0 Å². The summed E-state index contributed by atoms with van der Waals surface area (Å²) in [4.78, 5) is 25.7. The molecule has 0 fully saturated rings. The van der Waals surface area contributed by atoms with Gasteiger partial charge in [0.1, 0.15) is 11.6 Å². The van der Waals surface area contributed by atoms with E-state index < -0.39 is 17.8 Å². The number of para-hydroxylation sites is 2. The number of hydrogen-bond acceptors (Lipinski definition) is 3. The molecule has 2 aromatic carbocycles. The van der Waals surface area contributed by atoms with Crippen molar-refractivity contribution in [3.05, 3.63) is 53.3 Å². The minimum absolute atomic E-state index is 0.00114. The number of carbonyl (C=O) groups is 2. The van der Waals surface area contributed by atoms with E-state index in [1.807, 2.05) is 0 Å². The molecule has 7 heteroatoms. The van der Waals surface area contributed by atoms with Crippen molar-refractivity contribution in [1.82, 2.24) is 0 Å². The second-order valence-corrected chi connectivity index (χ2v) is 5.75. The van der Waals surface area contributed by atoms with E-state index in [0.29, 0.717) is 11.4 Å². The summed E-state index contributed by atoms with van der Waals surface area (Å²) in [6.45, 7) is 1.46. The summed E-state index contributed by atoms with van der Waals surface area (Å²) < 4.78 is 19.5. The second-order valence-electron chi connectivity index (χ2n) is 5.32. The molecule has 1 aliphatic rings. The second kappa shape index (κ2) is 6.49. The van der Waals surface area contributed by atoms with Crippen LogP contribution in [0.3, 0.4) is 0 Å². The van der Waals surface area contributed by atoms with E-state index >= 15 is 0 Å². The molecule has 1 aliphatic heterocycles. The lowest BCUT2D eigenvalue weighted by atomic mass is 10.1. The molecule has 1 atom stereocenters. The van der Waals surface area contributed by atoms with Gasteiger partial charge in [0.15, 0.2) is 6.10 Å². The molecule has 2 amide bonds. The zero-order chi connectivity index (χ0) is 17.3. The molecule has 0 aliphatic carbocycles. The van der Waals surface area contributed by atoms with Crippen molar-refractivity contribution in [2.45, 2.75) is 13.0 Å². The van der Waals surface area contributed by atoms with Gasteiger partial charge >= 0.3 is 0 Å². The van der Waals surface area contributed by atoms with E-state index in [2.05, 4.69) is 5.32 Å². The monoisotopic (exact) mass is 348 g/mol. The minimum atomic E-state index is -0.945. The number of nitrogens with one attached hydrogen (secondary N) is 1. The molecule has 0 saturated carbocycles. The summed E-state index contributed by atoms with van der Waals surface area (Å²) >= 11 is 5.69. The Labute approximate surface area is 143 Å². The van der Waals surface area contributed by atoms with Crippen LogP contribution < -0.4 is 15.0 Å². The topological polar surface area (TPSA) is 58.6 Å². The molecule has 0 aromatic heterocycles. The van der Waals surface area contributed by atoms with Crippen molar-refractivity contribution >= 4 is 34.8 Å². The predicted octanol–water partition coefficient (Wildman–Crippen LogP) is 3.23. The summed E-state index contributed by atoms with van der Waals surface area (Å²) in [6.07, 6.45) is -0.945. The lowest BCUT2D eigenvalue weighted by Gasteiger charge is -2.33. The predicted molar refractivity (Wildman–Crippen MR) is 88.9 cm³/mol. The van der Waals surface area contributed by atoms with Crippen molar-refractivity contribution in [3.8, 4) is 5.75 Å². The van der Waals surface area contributed by atoms with Crippen molar-refractivity contribution in [2.24, 2.45) is 0 Å². The maximum Gasteiger partial charge on any atom is 0.267 e. The fourth-order valence-electron chi connectivity index (χ4n) is 2.47. The van der Waals surface area contributed by atoms with E-state index in [4.69, 9.17) is 16.3 Å². The first kappa shape index (κ1) is 16.3. The van der Waals surface area contributed by atoms with Crippen LogP contribution in [0.5, 0.6) is 5.75 Å². The van der Waals surface area contributed by atoms with Gasteiger partial charge in [-0.2, -0.15) is 0 Å². The number of carbonyl (C=O) groups excluding carboxylic acids is 2. The number of anilines is 2. The van der Waals surface area contributed by atoms with E-state index in [9.17, 15) is 14.0 Å². The van der Waals surface area contributed by atoms with Gasteiger partial charge in [-0.15, -0.1) is 0 Å². The zero-order valence-corrected chi connectivity index (χ0v) is 13.5. The smallest absolute Gasteiger partial charge is 0.267 e. The Balaban J connectivity index is 1.82. The van der Waals surface area contributed by atoms with E-state index in [0.717, 1.165) is 6.07 Å². The first-order valence-corrected chi connectivity index (χ1v) is 7.63. The molecule has 0 bridgehead atoms. The van der Waals surface area contributed by atoms with Crippen LogP contribution in [0.1, 0.15) is 6.92 Å². The quantitative estimate of drug-likeness (QED) is 0.906. The van der Waals surface area contributed by atoms with Gasteiger partial charge in [-0.05, 0) is 30.3 Å². The summed E-state index contributed by atoms with van der Waals surface area (Å²) in [5.74, 6) is -0.968. The Kier molecular flexibility index (Phi) is 4.40. The molecule has 1 heterocycles. The number of ether oxygens (including phenoxy) is 1. The molecular weight excluding hydrogens is 335 g/mol. The highest BCUT2D eigenvalue weighted by molar-refractivity contribution is 6.30. The zero-order valence-electron chi connectivity index (χ0n) is 12.8. The Bertz CT molecular complexity index is 812. The highest BCUT2D eigenvalue weighted by Crippen LogP contribution is 2.33. The van der Waals surface area contributed by atoms with Crippen LogP contribution in [0.15, 0.2) is 42.5 Å². The van der Waals surface area contributed by atoms with Crippen LogP contribution in [0.2, 0.25) is 5.02 Å². The van der Waals surface area contributed by atoms with Gasteiger partial charge in [0, 0.05) is 11.9 Å². The molecule has 124 valence electrons. The Morgan fingerprint density at radius 1 is 1.29 bits per heavy atom. The third-order valence-corrected chi connectivity index (χ3v) is 3.87. The largest absolute Gasteiger partial charge is 0.476 e. The Hall–Kier alpha value is -2.60. The summed E-state index contributed by atoms with van der Waals surface area (Å²) in [5, 5.41) is 2.69. The summed E-state index contributed by atoms with van der Waals surface area (Å²) in [5.41, 5.74) is 0.605. The van der Waals surface area contributed by atoms with Gasteiger partial charge < -0.3 is 15.0 Å². The number of hydrogen-bond donors (Lipinski definition) is 1. The lowest BCUT2D eigenvalue weighted by Crippen LogP contribution is -2.48. The van der Waals surface area contributed by atoms with Crippen molar-refractivity contribution < 1.29 is 18.7 Å². The maximum atomic E-state index is 13.8. The number of rotatable bonds is 2. The van der Waals surface area contributed by atoms with Crippen LogP contribution in [-0.4, -0.2) is 24.5 Å². The molecule has 5 nitrogen and oxygen atoms in total. The molecule has 24 heavy (non-hydrogen) atoms. The van der Waals surface area contributed by atoms with Crippen molar-refractivity contribution in [2.75, 3.05) is 16.8 Å². The molecular formula is C17H14ClFN2O3. The first-order chi connectivity index (χ1) is 11.5. The van der Waals surface area contributed by atoms with Gasteiger partial charge in [0.2, 0.25) is 5.91 Å². The molecule has 0 saturated heterocycles. The van der Waals surface area contributed by atoms with Gasteiger partial charge in [-0.1, -0.05) is 23.7 Å². The van der Waals surface area contributed by atoms with Crippen LogP contribution in [-0.2, 0) is 9.59 Å². The Morgan fingerprint density at radius 3 is 2.75 bits per heavy atom. The molecule has 0 radical (unpaired) electrons. The van der Waals surface area contributed by atoms with E-state index in [-0.39, 0.29) is 23.2 Å². The fourth-order valence-corrected chi connectivity index (χ4v) is 2.63. The third kappa shape index (κ3) is 3.19. The van der Waals surface area contributed by atoms with Crippen LogP contribution in [0.4, 0.5) is 15.8 Å². The van der Waals surface area contributed by atoms with Crippen LogP contribution in [0, 0.1) is 5.82 Å². The first-order valence-electron chi connectivity index (χ1n) is 7.25. The van der Waals surface area contributed by atoms with Crippen molar-refractivity contribution in [1.29, 1.82) is 0 Å². The van der Waals surface area contributed by atoms with Gasteiger partial charge in [-0.25, -0.2) is 4.39 Å². The highest BCUT2D eigenvalue weighted by Gasteiger charge is 2.32. The number of amides is 2. The number of halogens is 2. The van der Waals surface area contributed by atoms with Gasteiger partial charge in [0.05, 0.1) is 17.9 Å². The van der Waals surface area contributed by atoms with Gasteiger partial charge in [-0.3, -0.25) is 9.59 Å².